The van der Waals surface area contributed by atoms with Crippen molar-refractivity contribution in [2.24, 2.45) is 0 Å². The molecule has 32 valence electrons. The van der Waals surface area contributed by atoms with Crippen molar-refractivity contribution >= 4 is 0 Å². The molecule has 0 aromatic heterocycles. The van der Waals surface area contributed by atoms with Gasteiger partial charge in [0.1, 0.15) is 0 Å². The zero-order valence-corrected chi connectivity index (χ0v) is 3.57. The molecule has 6 heavy (non-hydrogen) atoms. The van der Waals surface area contributed by atoms with Gasteiger partial charge in [0.15, 0.2) is 0 Å². The molecule has 0 spiro atoms. The quantitative estimate of drug-likeness (QED) is 0.354. The molecule has 1 nitrogen and oxygen atoms in total. The van der Waals surface area contributed by atoms with Gasteiger partial charge < -0.3 is 5.32 Å². The van der Waals surface area contributed by atoms with Gasteiger partial charge in [-0.2, -0.15) is 0 Å². The summed E-state index contributed by atoms with van der Waals surface area (Å²) in [6.07, 6.45) is 7.44. The molecular weight excluding hydrogens is 74.1 g/mol. The van der Waals surface area contributed by atoms with Crippen LogP contribution in [0.15, 0.2) is 0 Å². The molecule has 1 fully saturated rings. The van der Waals surface area contributed by atoms with Crippen molar-refractivity contribution in [3.63, 3.8) is 0 Å². The molecule has 1 saturated carbocycles. The van der Waals surface area contributed by atoms with Gasteiger partial charge in [0, 0.05) is 12.1 Å². The maximum absolute atomic E-state index is 4.91. The summed E-state index contributed by atoms with van der Waals surface area (Å²) in [5.41, 5.74) is 0. The summed E-state index contributed by atoms with van der Waals surface area (Å²) < 4.78 is 0. The molecule has 1 rings (SSSR count). The minimum absolute atomic E-state index is 0.662. The zero-order chi connectivity index (χ0) is 4.41. The van der Waals surface area contributed by atoms with Crippen molar-refractivity contribution in [2.75, 3.05) is 0 Å². The zero-order valence-electron chi connectivity index (χ0n) is 3.57. The van der Waals surface area contributed by atoms with E-state index < -0.39 is 0 Å². The molecule has 0 aliphatic heterocycles. The Labute approximate surface area is 37.7 Å². The third-order valence-corrected chi connectivity index (χ3v) is 0.865. The van der Waals surface area contributed by atoms with Gasteiger partial charge >= 0.3 is 0 Å². The first-order valence-electron chi connectivity index (χ1n) is 2.14. The lowest BCUT2D eigenvalue weighted by Gasteiger charge is -1.83. The minimum atomic E-state index is 0.662. The van der Waals surface area contributed by atoms with Crippen LogP contribution in [0.2, 0.25) is 0 Å². The van der Waals surface area contributed by atoms with Crippen LogP contribution in [0.25, 0.3) is 0 Å². The van der Waals surface area contributed by atoms with Crippen LogP contribution in [0.4, 0.5) is 0 Å². The summed E-state index contributed by atoms with van der Waals surface area (Å²) in [5, 5.41) is 2.85. The molecule has 0 atom stereocenters. The van der Waals surface area contributed by atoms with Gasteiger partial charge in [0.2, 0.25) is 0 Å². The van der Waals surface area contributed by atoms with Crippen LogP contribution < -0.4 is 5.32 Å². The van der Waals surface area contributed by atoms with Gasteiger partial charge in [0.25, 0.3) is 0 Å². The van der Waals surface area contributed by atoms with Crippen molar-refractivity contribution in [1.29, 1.82) is 0 Å². The summed E-state index contributed by atoms with van der Waals surface area (Å²) in [6, 6.07) is 3.04. The van der Waals surface area contributed by atoms with Crippen LogP contribution in [0.3, 0.4) is 0 Å². The summed E-state index contributed by atoms with van der Waals surface area (Å²) in [6.45, 7) is 0. The molecule has 0 saturated heterocycles. The predicted octanol–water partition coefficient (Wildman–Crippen LogP) is 0.329. The van der Waals surface area contributed by atoms with Gasteiger partial charge in [-0.05, 0) is 12.8 Å². The standard InChI is InChI=1S/C5H7N/c1-2-6-5-3-4-5/h1,5-6H,3-4H2. The molecule has 0 amide bonds. The van der Waals surface area contributed by atoms with E-state index in [1.807, 2.05) is 0 Å². The average Bonchev–Trinajstić information content (AvgIpc) is 2.21. The maximum atomic E-state index is 4.91. The van der Waals surface area contributed by atoms with Gasteiger partial charge in [-0.1, -0.05) is 6.42 Å². The molecule has 0 radical (unpaired) electrons. The van der Waals surface area contributed by atoms with Crippen LogP contribution in [0.5, 0.6) is 0 Å². The lowest BCUT2D eigenvalue weighted by atomic mass is 10.7. The molecule has 1 aliphatic rings. The van der Waals surface area contributed by atoms with E-state index in [1.165, 1.54) is 12.8 Å². The van der Waals surface area contributed by atoms with Crippen molar-refractivity contribution < 1.29 is 0 Å². The predicted molar refractivity (Wildman–Crippen MR) is 25.0 cm³/mol. The van der Waals surface area contributed by atoms with E-state index in [0.717, 1.165) is 0 Å². The second-order valence-electron chi connectivity index (χ2n) is 1.56. The van der Waals surface area contributed by atoms with E-state index in [0.29, 0.717) is 6.04 Å². The Kier molecular flexibility index (Phi) is 0.719. The maximum Gasteiger partial charge on any atom is 0.0342 e. The third kappa shape index (κ3) is 0.651. The number of rotatable bonds is 1. The highest BCUT2D eigenvalue weighted by molar-refractivity contribution is 4.92. The van der Waals surface area contributed by atoms with Crippen molar-refractivity contribution in [3.05, 3.63) is 0 Å². The van der Waals surface area contributed by atoms with Gasteiger partial charge in [-0.3, -0.25) is 0 Å². The summed E-state index contributed by atoms with van der Waals surface area (Å²) in [4.78, 5) is 0. The normalized spacial score (nSPS) is 19.2. The molecule has 1 N–H and O–H groups in total. The fraction of sp³-hybridized carbons (Fsp3) is 0.600. The SMILES string of the molecule is C#CNC1CC1. The number of hydrogen-bond acceptors (Lipinski definition) is 1. The van der Waals surface area contributed by atoms with Crippen LogP contribution >= 0.6 is 0 Å². The van der Waals surface area contributed by atoms with Crippen LogP contribution in [-0.4, -0.2) is 6.04 Å². The van der Waals surface area contributed by atoms with Crippen LogP contribution in [-0.2, 0) is 0 Å². The van der Waals surface area contributed by atoms with Gasteiger partial charge in [-0.25, -0.2) is 0 Å². The fourth-order valence-corrected chi connectivity index (χ4v) is 0.346. The first kappa shape index (κ1) is 3.55. The first-order valence-corrected chi connectivity index (χ1v) is 2.14. The molecule has 0 bridgehead atoms. The van der Waals surface area contributed by atoms with Gasteiger partial charge in [-0.15, -0.1) is 0 Å². The molecule has 1 heteroatoms. The Morgan fingerprint density at radius 1 is 1.67 bits per heavy atom. The minimum Gasteiger partial charge on any atom is -0.343 e. The summed E-state index contributed by atoms with van der Waals surface area (Å²) in [5.74, 6) is 0. The van der Waals surface area contributed by atoms with Crippen LogP contribution in [0, 0.1) is 12.5 Å². The smallest absolute Gasteiger partial charge is 0.0342 e. The van der Waals surface area contributed by atoms with E-state index in [9.17, 15) is 0 Å². The lowest BCUT2D eigenvalue weighted by Crippen LogP contribution is -2.05. The molecule has 0 heterocycles. The van der Waals surface area contributed by atoms with Gasteiger partial charge in [0.05, 0.1) is 0 Å². The molecule has 0 aromatic rings. The van der Waals surface area contributed by atoms with E-state index in [-0.39, 0.29) is 0 Å². The van der Waals surface area contributed by atoms with Crippen molar-refractivity contribution in [2.45, 2.75) is 18.9 Å². The van der Waals surface area contributed by atoms with E-state index in [2.05, 4.69) is 11.4 Å². The molecule has 1 aliphatic carbocycles. The lowest BCUT2D eigenvalue weighted by molar-refractivity contribution is 0.894. The second-order valence-corrected chi connectivity index (χ2v) is 1.56. The monoisotopic (exact) mass is 81.1 g/mol. The molecule has 0 aromatic carbocycles. The Balaban J connectivity index is 2.05. The number of hydrogen-bond donors (Lipinski definition) is 1. The highest BCUT2D eigenvalue weighted by atomic mass is 14.9. The van der Waals surface area contributed by atoms with E-state index in [4.69, 9.17) is 6.42 Å². The Bertz CT molecular complexity index is 76.4. The highest BCUT2D eigenvalue weighted by Gasteiger charge is 2.18. The third-order valence-electron chi connectivity index (χ3n) is 0.865. The molecule has 0 unspecified atom stereocenters. The Morgan fingerprint density at radius 2 is 2.33 bits per heavy atom. The van der Waals surface area contributed by atoms with Crippen molar-refractivity contribution in [1.82, 2.24) is 5.32 Å². The topological polar surface area (TPSA) is 12.0 Å². The highest BCUT2D eigenvalue weighted by Crippen LogP contribution is 2.17. The second kappa shape index (κ2) is 1.22. The number of terminal acetylenes is 1. The van der Waals surface area contributed by atoms with E-state index in [1.54, 1.807) is 0 Å². The van der Waals surface area contributed by atoms with Crippen LogP contribution in [0.1, 0.15) is 12.8 Å². The largest absolute Gasteiger partial charge is 0.343 e. The Morgan fingerprint density at radius 3 is 2.50 bits per heavy atom. The fourth-order valence-electron chi connectivity index (χ4n) is 0.346. The average molecular weight is 81.1 g/mol. The first-order chi connectivity index (χ1) is 2.93. The van der Waals surface area contributed by atoms with Crippen molar-refractivity contribution in [3.8, 4) is 12.5 Å². The Hall–Kier alpha value is -0.640. The summed E-state index contributed by atoms with van der Waals surface area (Å²) in [7, 11) is 0. The van der Waals surface area contributed by atoms with E-state index >= 15 is 0 Å². The number of nitrogens with one attached hydrogen (secondary N) is 1. The summed E-state index contributed by atoms with van der Waals surface area (Å²) >= 11 is 0. The molecular formula is C5H7N.